The molecule has 1 N–H and O–H groups in total. The van der Waals surface area contributed by atoms with Crippen molar-refractivity contribution in [2.45, 2.75) is 51.0 Å². The van der Waals surface area contributed by atoms with E-state index in [1.165, 1.54) is 51.5 Å². The fourth-order valence-corrected chi connectivity index (χ4v) is 3.24. The summed E-state index contributed by atoms with van der Waals surface area (Å²) >= 11 is 0. The van der Waals surface area contributed by atoms with E-state index in [1.807, 2.05) is 0 Å². The first kappa shape index (κ1) is 17.2. The second-order valence-corrected chi connectivity index (χ2v) is 6.49. The van der Waals surface area contributed by atoms with Crippen LogP contribution >= 0.6 is 0 Å². The maximum absolute atomic E-state index is 5.73. The van der Waals surface area contributed by atoms with Gasteiger partial charge in [0.1, 0.15) is 0 Å². The van der Waals surface area contributed by atoms with Crippen LogP contribution in [0.3, 0.4) is 0 Å². The van der Waals surface area contributed by atoms with Crippen LogP contribution in [0.2, 0.25) is 0 Å². The summed E-state index contributed by atoms with van der Waals surface area (Å²) in [6.07, 6.45) is 9.67. The maximum atomic E-state index is 5.73. The van der Waals surface area contributed by atoms with Crippen LogP contribution in [0.25, 0.3) is 0 Å². The van der Waals surface area contributed by atoms with E-state index in [1.54, 1.807) is 7.11 Å². The van der Waals surface area contributed by atoms with Crippen LogP contribution in [0, 0.1) is 11.8 Å². The molecule has 0 amide bonds. The molecule has 0 aromatic heterocycles. The molecule has 2 aliphatic rings. The molecule has 0 heterocycles. The van der Waals surface area contributed by atoms with Gasteiger partial charge in [-0.15, -0.1) is 0 Å². The molecule has 4 nitrogen and oxygen atoms in total. The van der Waals surface area contributed by atoms with Crippen molar-refractivity contribution in [3.05, 3.63) is 0 Å². The van der Waals surface area contributed by atoms with Gasteiger partial charge in [0.05, 0.1) is 26.4 Å². The Labute approximate surface area is 129 Å². The first-order valence-corrected chi connectivity index (χ1v) is 8.78. The number of methoxy groups -OCH3 is 1. The zero-order chi connectivity index (χ0) is 14.8. The van der Waals surface area contributed by atoms with Gasteiger partial charge in [0.25, 0.3) is 0 Å². The molecular formula is C17H33NO3. The molecule has 2 saturated carbocycles. The van der Waals surface area contributed by atoms with Crippen LogP contribution in [0.15, 0.2) is 0 Å². The van der Waals surface area contributed by atoms with Crippen molar-refractivity contribution < 1.29 is 14.2 Å². The lowest BCUT2D eigenvalue weighted by atomic mass is 9.88. The van der Waals surface area contributed by atoms with E-state index in [0.29, 0.717) is 26.4 Å². The number of hydrogen-bond donors (Lipinski definition) is 1. The third kappa shape index (κ3) is 7.59. The van der Waals surface area contributed by atoms with Gasteiger partial charge in [-0.25, -0.2) is 0 Å². The average Bonchev–Trinajstić information content (AvgIpc) is 3.17. The van der Waals surface area contributed by atoms with Crippen molar-refractivity contribution in [2.75, 3.05) is 46.7 Å². The van der Waals surface area contributed by atoms with Crippen LogP contribution < -0.4 is 5.32 Å². The molecule has 2 fully saturated rings. The summed E-state index contributed by atoms with van der Waals surface area (Å²) < 4.78 is 16.1. The van der Waals surface area contributed by atoms with Crippen molar-refractivity contribution in [2.24, 2.45) is 11.8 Å². The summed E-state index contributed by atoms with van der Waals surface area (Å²) in [4.78, 5) is 0. The highest BCUT2D eigenvalue weighted by Gasteiger charge is 2.27. The van der Waals surface area contributed by atoms with Crippen LogP contribution in [-0.4, -0.2) is 52.7 Å². The van der Waals surface area contributed by atoms with Crippen LogP contribution in [0.1, 0.15) is 44.9 Å². The Kier molecular flexibility index (Phi) is 8.64. The summed E-state index contributed by atoms with van der Waals surface area (Å²) in [5, 5.41) is 3.71. The number of ether oxygens (including phenoxy) is 3. The Morgan fingerprint density at radius 1 is 0.905 bits per heavy atom. The van der Waals surface area contributed by atoms with Crippen molar-refractivity contribution in [1.82, 2.24) is 5.32 Å². The third-order valence-electron chi connectivity index (χ3n) is 4.75. The molecule has 1 atom stereocenters. The Morgan fingerprint density at radius 3 is 2.24 bits per heavy atom. The molecule has 2 aliphatic carbocycles. The minimum atomic E-state index is 0.663. The molecule has 1 unspecified atom stereocenters. The highest BCUT2D eigenvalue weighted by molar-refractivity contribution is 4.84. The standard InChI is InChI=1S/C17H33NO3/c1-19-10-11-21-13-12-20-9-8-16(14-18-17-6-7-17)15-4-2-3-5-15/h15-18H,2-14H2,1H3. The minimum absolute atomic E-state index is 0.663. The van der Waals surface area contributed by atoms with Crippen molar-refractivity contribution >= 4 is 0 Å². The Hall–Kier alpha value is -0.160. The first-order chi connectivity index (χ1) is 10.4. The summed E-state index contributed by atoms with van der Waals surface area (Å²) in [6.45, 7) is 4.78. The highest BCUT2D eigenvalue weighted by atomic mass is 16.5. The van der Waals surface area contributed by atoms with E-state index < -0.39 is 0 Å². The number of rotatable bonds is 13. The van der Waals surface area contributed by atoms with Gasteiger partial charge in [-0.3, -0.25) is 0 Å². The van der Waals surface area contributed by atoms with Crippen molar-refractivity contribution in [3.8, 4) is 0 Å². The van der Waals surface area contributed by atoms with Gasteiger partial charge in [-0.2, -0.15) is 0 Å². The van der Waals surface area contributed by atoms with Gasteiger partial charge in [0, 0.05) is 19.8 Å². The van der Waals surface area contributed by atoms with Gasteiger partial charge < -0.3 is 19.5 Å². The van der Waals surface area contributed by atoms with Crippen LogP contribution in [-0.2, 0) is 14.2 Å². The maximum Gasteiger partial charge on any atom is 0.0701 e. The highest BCUT2D eigenvalue weighted by Crippen LogP contribution is 2.33. The lowest BCUT2D eigenvalue weighted by Crippen LogP contribution is -2.30. The normalized spacial score (nSPS) is 21.0. The summed E-state index contributed by atoms with van der Waals surface area (Å²) in [6, 6.07) is 0.823. The predicted octanol–water partition coefficient (Wildman–Crippen LogP) is 2.61. The smallest absolute Gasteiger partial charge is 0.0701 e. The van der Waals surface area contributed by atoms with Gasteiger partial charge in [0.15, 0.2) is 0 Å². The molecule has 0 aliphatic heterocycles. The van der Waals surface area contributed by atoms with Crippen molar-refractivity contribution in [3.63, 3.8) is 0 Å². The third-order valence-corrected chi connectivity index (χ3v) is 4.75. The molecule has 4 heteroatoms. The Balaban J connectivity index is 1.51. The number of hydrogen-bond acceptors (Lipinski definition) is 4. The van der Waals surface area contributed by atoms with Crippen molar-refractivity contribution in [1.29, 1.82) is 0 Å². The molecule has 0 saturated heterocycles. The monoisotopic (exact) mass is 299 g/mol. The van der Waals surface area contributed by atoms with E-state index in [-0.39, 0.29) is 0 Å². The summed E-state index contributed by atoms with van der Waals surface area (Å²) in [5.74, 6) is 1.74. The lowest BCUT2D eigenvalue weighted by Gasteiger charge is -2.24. The zero-order valence-electron chi connectivity index (χ0n) is 13.6. The second kappa shape index (κ2) is 10.5. The molecule has 0 aromatic carbocycles. The van der Waals surface area contributed by atoms with E-state index in [2.05, 4.69) is 5.32 Å². The largest absolute Gasteiger partial charge is 0.382 e. The molecule has 0 bridgehead atoms. The molecule has 124 valence electrons. The van der Waals surface area contributed by atoms with E-state index in [0.717, 1.165) is 24.5 Å². The van der Waals surface area contributed by atoms with Gasteiger partial charge in [0.2, 0.25) is 0 Å². The Morgan fingerprint density at radius 2 is 1.57 bits per heavy atom. The summed E-state index contributed by atoms with van der Waals surface area (Å²) in [5.41, 5.74) is 0. The average molecular weight is 299 g/mol. The van der Waals surface area contributed by atoms with Gasteiger partial charge in [-0.05, 0) is 37.6 Å². The zero-order valence-corrected chi connectivity index (χ0v) is 13.6. The fourth-order valence-electron chi connectivity index (χ4n) is 3.24. The molecule has 0 aromatic rings. The molecule has 0 radical (unpaired) electrons. The van der Waals surface area contributed by atoms with E-state index >= 15 is 0 Å². The Bertz CT molecular complexity index is 252. The fraction of sp³-hybridized carbons (Fsp3) is 1.00. The first-order valence-electron chi connectivity index (χ1n) is 8.78. The number of nitrogens with one attached hydrogen (secondary N) is 1. The second-order valence-electron chi connectivity index (χ2n) is 6.49. The molecule has 21 heavy (non-hydrogen) atoms. The van der Waals surface area contributed by atoms with Crippen LogP contribution in [0.5, 0.6) is 0 Å². The van der Waals surface area contributed by atoms with Gasteiger partial charge in [-0.1, -0.05) is 25.7 Å². The van der Waals surface area contributed by atoms with E-state index in [9.17, 15) is 0 Å². The van der Waals surface area contributed by atoms with E-state index in [4.69, 9.17) is 14.2 Å². The molecule has 0 spiro atoms. The summed E-state index contributed by atoms with van der Waals surface area (Å²) in [7, 11) is 1.69. The topological polar surface area (TPSA) is 39.7 Å². The minimum Gasteiger partial charge on any atom is -0.382 e. The quantitative estimate of drug-likeness (QED) is 0.531. The SMILES string of the molecule is COCCOCCOCCC(CNC1CC1)C1CCCC1. The molecular weight excluding hydrogens is 266 g/mol. The van der Waals surface area contributed by atoms with Gasteiger partial charge >= 0.3 is 0 Å². The molecule has 2 rings (SSSR count). The lowest BCUT2D eigenvalue weighted by molar-refractivity contribution is 0.0202. The van der Waals surface area contributed by atoms with Crippen LogP contribution in [0.4, 0.5) is 0 Å². The predicted molar refractivity (Wildman–Crippen MR) is 84.6 cm³/mol.